The molecule has 1 aliphatic heterocycles. The van der Waals surface area contributed by atoms with Crippen LogP contribution in [0.3, 0.4) is 0 Å². The molecule has 106 valence electrons. The Morgan fingerprint density at radius 2 is 2.11 bits per heavy atom. The van der Waals surface area contributed by atoms with Crippen molar-refractivity contribution in [3.8, 4) is 0 Å². The van der Waals surface area contributed by atoms with Crippen LogP contribution in [0.5, 0.6) is 0 Å². The highest BCUT2D eigenvalue weighted by molar-refractivity contribution is 5.96. The first kappa shape index (κ1) is 16.0. The molecule has 0 spiro atoms. The monoisotopic (exact) mass is 282 g/mol. The van der Waals surface area contributed by atoms with Gasteiger partial charge in [0.15, 0.2) is 0 Å². The third-order valence-corrected chi connectivity index (χ3v) is 4.09. The molecule has 1 heterocycles. The maximum absolute atomic E-state index is 12.6. The molecule has 2 unspecified atom stereocenters. The zero-order chi connectivity index (χ0) is 13.3. The Kier molecular flexibility index (Phi) is 5.39. The van der Waals surface area contributed by atoms with Crippen molar-refractivity contribution in [3.63, 3.8) is 0 Å². The number of hydrogen-bond acceptors (Lipinski definition) is 2. The van der Waals surface area contributed by atoms with Crippen LogP contribution in [0.4, 0.5) is 0 Å². The second-order valence-electron chi connectivity index (χ2n) is 5.39. The Morgan fingerprint density at radius 1 is 1.42 bits per heavy atom. The number of carbonyl (C=O) groups excluding carboxylic acids is 1. The third-order valence-electron chi connectivity index (χ3n) is 4.09. The van der Waals surface area contributed by atoms with Gasteiger partial charge in [-0.1, -0.05) is 12.1 Å². The van der Waals surface area contributed by atoms with Crippen LogP contribution >= 0.6 is 12.4 Å². The van der Waals surface area contributed by atoms with Crippen molar-refractivity contribution in [2.75, 3.05) is 13.1 Å². The lowest BCUT2D eigenvalue weighted by Gasteiger charge is -2.23. The minimum atomic E-state index is 0. The minimum Gasteiger partial charge on any atom is -0.336 e. The summed E-state index contributed by atoms with van der Waals surface area (Å²) in [7, 11) is 0. The van der Waals surface area contributed by atoms with E-state index in [0.717, 1.165) is 24.1 Å². The minimum absolute atomic E-state index is 0. The van der Waals surface area contributed by atoms with E-state index in [4.69, 9.17) is 5.73 Å². The Morgan fingerprint density at radius 3 is 2.68 bits per heavy atom. The van der Waals surface area contributed by atoms with Gasteiger partial charge in [-0.05, 0) is 56.8 Å². The molecule has 1 amide bonds. The fourth-order valence-electron chi connectivity index (χ4n) is 2.73. The predicted molar refractivity (Wildman–Crippen MR) is 80.8 cm³/mol. The average Bonchev–Trinajstić information content (AvgIpc) is 2.73. The normalized spacial score (nSPS) is 22.2. The molecule has 0 aliphatic carbocycles. The van der Waals surface area contributed by atoms with Gasteiger partial charge in [-0.25, -0.2) is 0 Å². The number of halogens is 1. The summed E-state index contributed by atoms with van der Waals surface area (Å²) in [5.41, 5.74) is 8.80. The molecule has 0 radical (unpaired) electrons. The third kappa shape index (κ3) is 3.10. The van der Waals surface area contributed by atoms with Crippen LogP contribution in [0.15, 0.2) is 18.2 Å². The van der Waals surface area contributed by atoms with Crippen LogP contribution in [0, 0.1) is 19.8 Å². The number of carbonyl (C=O) groups is 1. The molecule has 2 atom stereocenters. The molecule has 0 bridgehead atoms. The van der Waals surface area contributed by atoms with Crippen molar-refractivity contribution >= 4 is 18.3 Å². The van der Waals surface area contributed by atoms with Crippen LogP contribution in [-0.2, 0) is 0 Å². The maximum Gasteiger partial charge on any atom is 0.254 e. The summed E-state index contributed by atoms with van der Waals surface area (Å²) in [6.07, 6.45) is 1.02. The van der Waals surface area contributed by atoms with Gasteiger partial charge in [0.25, 0.3) is 5.91 Å². The summed E-state index contributed by atoms with van der Waals surface area (Å²) in [4.78, 5) is 14.5. The zero-order valence-corrected chi connectivity index (χ0v) is 12.7. The van der Waals surface area contributed by atoms with Crippen LogP contribution in [0.1, 0.15) is 34.8 Å². The van der Waals surface area contributed by atoms with Crippen LogP contribution < -0.4 is 5.73 Å². The molecule has 1 aliphatic rings. The second kappa shape index (κ2) is 6.40. The Hall–Kier alpha value is -1.06. The van der Waals surface area contributed by atoms with Crippen molar-refractivity contribution in [1.29, 1.82) is 0 Å². The summed E-state index contributed by atoms with van der Waals surface area (Å²) in [6, 6.07) is 6.22. The molecule has 2 N–H and O–H groups in total. The Balaban J connectivity index is 0.00000180. The smallest absolute Gasteiger partial charge is 0.254 e. The van der Waals surface area contributed by atoms with E-state index < -0.39 is 0 Å². The summed E-state index contributed by atoms with van der Waals surface area (Å²) in [5, 5.41) is 0. The SMILES string of the molecule is Cc1cccc(C(=O)N2CC(CN)CC2C)c1C.Cl. The molecule has 1 aromatic rings. The summed E-state index contributed by atoms with van der Waals surface area (Å²) < 4.78 is 0. The number of aryl methyl sites for hydroxylation is 1. The average molecular weight is 283 g/mol. The first-order valence-electron chi connectivity index (χ1n) is 6.61. The fourth-order valence-corrected chi connectivity index (χ4v) is 2.73. The summed E-state index contributed by atoms with van der Waals surface area (Å²) >= 11 is 0. The molecule has 4 heteroatoms. The molecule has 0 saturated carbocycles. The van der Waals surface area contributed by atoms with Gasteiger partial charge in [0, 0.05) is 18.2 Å². The number of rotatable bonds is 2. The van der Waals surface area contributed by atoms with Gasteiger partial charge in [-0.2, -0.15) is 0 Å². The number of amides is 1. The van der Waals surface area contributed by atoms with Crippen LogP contribution in [0.25, 0.3) is 0 Å². The molecule has 3 nitrogen and oxygen atoms in total. The largest absolute Gasteiger partial charge is 0.336 e. The van der Waals surface area contributed by atoms with E-state index in [1.165, 1.54) is 5.56 Å². The highest BCUT2D eigenvalue weighted by atomic mass is 35.5. The molecular weight excluding hydrogens is 260 g/mol. The highest BCUT2D eigenvalue weighted by Gasteiger charge is 2.32. The number of benzene rings is 1. The topological polar surface area (TPSA) is 46.3 Å². The molecule has 1 fully saturated rings. The van der Waals surface area contributed by atoms with E-state index >= 15 is 0 Å². The molecular formula is C15H23ClN2O. The molecule has 19 heavy (non-hydrogen) atoms. The van der Waals surface area contributed by atoms with Crippen LogP contribution in [0.2, 0.25) is 0 Å². The summed E-state index contributed by atoms with van der Waals surface area (Å²) in [5.74, 6) is 0.605. The van der Waals surface area contributed by atoms with E-state index in [-0.39, 0.29) is 18.3 Å². The number of nitrogens with zero attached hydrogens (tertiary/aromatic N) is 1. The predicted octanol–water partition coefficient (Wildman–Crippen LogP) is 2.53. The van der Waals surface area contributed by atoms with Gasteiger partial charge in [-0.15, -0.1) is 12.4 Å². The van der Waals surface area contributed by atoms with Gasteiger partial charge in [-0.3, -0.25) is 4.79 Å². The van der Waals surface area contributed by atoms with Gasteiger partial charge < -0.3 is 10.6 Å². The molecule has 2 rings (SSSR count). The Bertz CT molecular complexity index is 461. The lowest BCUT2D eigenvalue weighted by Crippen LogP contribution is -2.34. The lowest BCUT2D eigenvalue weighted by molar-refractivity contribution is 0.0742. The molecule has 0 aromatic heterocycles. The highest BCUT2D eigenvalue weighted by Crippen LogP contribution is 2.25. The van der Waals surface area contributed by atoms with Crippen molar-refractivity contribution in [2.45, 2.75) is 33.2 Å². The van der Waals surface area contributed by atoms with Gasteiger partial charge >= 0.3 is 0 Å². The standard InChI is InChI=1S/C15H22N2O.ClH/c1-10-5-4-6-14(12(10)3)15(18)17-9-13(8-16)7-11(17)2;/h4-6,11,13H,7-9,16H2,1-3H3;1H. The number of hydrogen-bond donors (Lipinski definition) is 1. The molecule has 1 aromatic carbocycles. The summed E-state index contributed by atoms with van der Waals surface area (Å²) in [6.45, 7) is 7.63. The number of nitrogens with two attached hydrogens (primary N) is 1. The number of likely N-dealkylation sites (tertiary alicyclic amines) is 1. The van der Waals surface area contributed by atoms with E-state index in [2.05, 4.69) is 6.92 Å². The first-order chi connectivity index (χ1) is 8.54. The second-order valence-corrected chi connectivity index (χ2v) is 5.39. The van der Waals surface area contributed by atoms with Gasteiger partial charge in [0.05, 0.1) is 0 Å². The van der Waals surface area contributed by atoms with Crippen molar-refractivity contribution < 1.29 is 4.79 Å². The maximum atomic E-state index is 12.6. The van der Waals surface area contributed by atoms with E-state index in [9.17, 15) is 4.79 Å². The van der Waals surface area contributed by atoms with Crippen molar-refractivity contribution in [2.24, 2.45) is 11.7 Å². The van der Waals surface area contributed by atoms with Gasteiger partial charge in [0.1, 0.15) is 0 Å². The van der Waals surface area contributed by atoms with Gasteiger partial charge in [0.2, 0.25) is 0 Å². The van der Waals surface area contributed by atoms with E-state index in [1.807, 2.05) is 36.9 Å². The first-order valence-corrected chi connectivity index (χ1v) is 6.61. The van der Waals surface area contributed by atoms with E-state index in [1.54, 1.807) is 0 Å². The molecule has 1 saturated heterocycles. The van der Waals surface area contributed by atoms with Crippen molar-refractivity contribution in [3.05, 3.63) is 34.9 Å². The lowest BCUT2D eigenvalue weighted by atomic mass is 10.0. The Labute approximate surface area is 121 Å². The fraction of sp³-hybridized carbons (Fsp3) is 0.533. The van der Waals surface area contributed by atoms with Crippen LogP contribution in [-0.4, -0.2) is 29.9 Å². The van der Waals surface area contributed by atoms with Crippen molar-refractivity contribution in [1.82, 2.24) is 4.90 Å². The zero-order valence-electron chi connectivity index (χ0n) is 11.8. The quantitative estimate of drug-likeness (QED) is 0.906. The van der Waals surface area contributed by atoms with E-state index in [0.29, 0.717) is 18.5 Å².